The molecule has 0 saturated carbocycles. The summed E-state index contributed by atoms with van der Waals surface area (Å²) in [5.41, 5.74) is 2.13. The standard InChI is InChI=1S/C21H24ClN5O.HI/c1-2-23-21(24-14-16-4-10-19(28)11-5-16)25-15-20(27-13-3-12-26-27)17-6-8-18(22)9-7-17;/h3-13,20,28H,2,14-15H2,1H3,(H2,23,24,25);1H. The molecule has 3 aromatic rings. The van der Waals surface area contributed by atoms with E-state index >= 15 is 0 Å². The summed E-state index contributed by atoms with van der Waals surface area (Å²) in [5, 5.41) is 21.2. The monoisotopic (exact) mass is 525 g/mol. The first kappa shape index (κ1) is 23.0. The summed E-state index contributed by atoms with van der Waals surface area (Å²) < 4.78 is 1.92. The first-order chi connectivity index (χ1) is 13.7. The molecule has 3 rings (SSSR count). The lowest BCUT2D eigenvalue weighted by Crippen LogP contribution is -2.40. The van der Waals surface area contributed by atoms with Crippen molar-refractivity contribution in [3.8, 4) is 5.75 Å². The molecule has 154 valence electrons. The minimum atomic E-state index is 0. The summed E-state index contributed by atoms with van der Waals surface area (Å²) >= 11 is 6.04. The van der Waals surface area contributed by atoms with Crippen LogP contribution in [-0.4, -0.2) is 33.9 Å². The molecule has 0 amide bonds. The van der Waals surface area contributed by atoms with Gasteiger partial charge < -0.3 is 15.7 Å². The minimum absolute atomic E-state index is 0. The van der Waals surface area contributed by atoms with Gasteiger partial charge >= 0.3 is 0 Å². The number of aromatic hydroxyl groups is 1. The van der Waals surface area contributed by atoms with E-state index in [1.165, 1.54) is 0 Å². The molecule has 0 saturated heterocycles. The number of aliphatic imine (C=N–C) groups is 1. The quantitative estimate of drug-likeness (QED) is 0.246. The molecule has 8 heteroatoms. The SMILES string of the molecule is CCNC(=NCc1ccc(O)cc1)NCC(c1ccc(Cl)cc1)n1cccn1.I. The molecular weight excluding hydrogens is 501 g/mol. The van der Waals surface area contributed by atoms with Gasteiger partial charge in [0.05, 0.1) is 12.6 Å². The van der Waals surface area contributed by atoms with Crippen LogP contribution in [0.4, 0.5) is 0 Å². The number of nitrogens with one attached hydrogen (secondary N) is 2. The molecule has 0 aliphatic heterocycles. The van der Waals surface area contributed by atoms with E-state index in [2.05, 4.69) is 20.7 Å². The van der Waals surface area contributed by atoms with Crippen LogP contribution in [0.25, 0.3) is 0 Å². The normalized spacial score (nSPS) is 12.1. The molecule has 0 aliphatic carbocycles. The van der Waals surface area contributed by atoms with Gasteiger partial charge in [-0.1, -0.05) is 35.9 Å². The minimum Gasteiger partial charge on any atom is -0.508 e. The fourth-order valence-electron chi connectivity index (χ4n) is 2.82. The zero-order valence-corrected chi connectivity index (χ0v) is 19.2. The van der Waals surface area contributed by atoms with E-state index in [0.29, 0.717) is 18.1 Å². The van der Waals surface area contributed by atoms with Gasteiger partial charge in [0.2, 0.25) is 0 Å². The Morgan fingerprint density at radius 2 is 1.86 bits per heavy atom. The lowest BCUT2D eigenvalue weighted by molar-refractivity contribution is 0.475. The van der Waals surface area contributed by atoms with Gasteiger partial charge in [-0.2, -0.15) is 5.10 Å². The van der Waals surface area contributed by atoms with Crippen molar-refractivity contribution in [3.05, 3.63) is 83.1 Å². The van der Waals surface area contributed by atoms with Crippen molar-refractivity contribution in [1.82, 2.24) is 20.4 Å². The molecule has 1 heterocycles. The fourth-order valence-corrected chi connectivity index (χ4v) is 2.95. The van der Waals surface area contributed by atoms with Crippen LogP contribution in [0.15, 0.2) is 72.0 Å². The number of rotatable bonds is 7. The van der Waals surface area contributed by atoms with E-state index in [-0.39, 0.29) is 35.8 Å². The molecule has 0 fully saturated rings. The van der Waals surface area contributed by atoms with Gasteiger partial charge in [-0.25, -0.2) is 4.99 Å². The molecular formula is C21H25ClIN5O. The molecule has 0 spiro atoms. The number of nitrogens with zero attached hydrogens (tertiary/aromatic N) is 3. The van der Waals surface area contributed by atoms with E-state index in [1.807, 2.05) is 60.3 Å². The number of phenols is 1. The summed E-state index contributed by atoms with van der Waals surface area (Å²) in [6, 6.07) is 16.8. The van der Waals surface area contributed by atoms with E-state index in [1.54, 1.807) is 18.3 Å². The zero-order chi connectivity index (χ0) is 19.8. The third kappa shape index (κ3) is 6.93. The maximum atomic E-state index is 9.40. The summed E-state index contributed by atoms with van der Waals surface area (Å²) in [7, 11) is 0. The number of halogens is 2. The summed E-state index contributed by atoms with van der Waals surface area (Å²) in [6.07, 6.45) is 3.72. The van der Waals surface area contributed by atoms with Crippen molar-refractivity contribution in [2.24, 2.45) is 4.99 Å². The highest BCUT2D eigenvalue weighted by molar-refractivity contribution is 14.0. The van der Waals surface area contributed by atoms with Crippen molar-refractivity contribution in [1.29, 1.82) is 0 Å². The Hall–Kier alpha value is -2.26. The molecule has 0 aliphatic rings. The third-order valence-electron chi connectivity index (χ3n) is 4.26. The van der Waals surface area contributed by atoms with Crippen LogP contribution in [-0.2, 0) is 6.54 Å². The second kappa shape index (κ2) is 11.7. The van der Waals surface area contributed by atoms with Crippen LogP contribution in [0.2, 0.25) is 5.02 Å². The molecule has 29 heavy (non-hydrogen) atoms. The maximum Gasteiger partial charge on any atom is 0.191 e. The average Bonchev–Trinajstić information content (AvgIpc) is 3.23. The fraction of sp³-hybridized carbons (Fsp3) is 0.238. The second-order valence-corrected chi connectivity index (χ2v) is 6.73. The van der Waals surface area contributed by atoms with Crippen LogP contribution in [0.5, 0.6) is 5.75 Å². The lowest BCUT2D eigenvalue weighted by atomic mass is 10.1. The van der Waals surface area contributed by atoms with Crippen molar-refractivity contribution in [2.45, 2.75) is 19.5 Å². The summed E-state index contributed by atoms with van der Waals surface area (Å²) in [5.74, 6) is 0.976. The van der Waals surface area contributed by atoms with Gasteiger partial charge in [0.15, 0.2) is 5.96 Å². The molecule has 0 bridgehead atoms. The van der Waals surface area contributed by atoms with Gasteiger partial charge in [-0.15, -0.1) is 24.0 Å². The Morgan fingerprint density at radius 1 is 1.14 bits per heavy atom. The van der Waals surface area contributed by atoms with E-state index < -0.39 is 0 Å². The predicted octanol–water partition coefficient (Wildman–Crippen LogP) is 4.20. The van der Waals surface area contributed by atoms with Gasteiger partial charge in [-0.05, 0) is 48.4 Å². The summed E-state index contributed by atoms with van der Waals surface area (Å²) in [4.78, 5) is 4.64. The van der Waals surface area contributed by atoms with Crippen LogP contribution in [0, 0.1) is 0 Å². The second-order valence-electron chi connectivity index (χ2n) is 6.30. The molecule has 0 radical (unpaired) electrons. The first-order valence-corrected chi connectivity index (χ1v) is 9.58. The lowest BCUT2D eigenvalue weighted by Gasteiger charge is -2.20. The number of benzene rings is 2. The number of hydrogen-bond donors (Lipinski definition) is 3. The smallest absolute Gasteiger partial charge is 0.191 e. The van der Waals surface area contributed by atoms with Gasteiger partial charge in [0.25, 0.3) is 0 Å². The predicted molar refractivity (Wildman–Crippen MR) is 128 cm³/mol. The van der Waals surface area contributed by atoms with E-state index in [0.717, 1.165) is 23.6 Å². The van der Waals surface area contributed by atoms with E-state index in [9.17, 15) is 5.11 Å². The van der Waals surface area contributed by atoms with Crippen LogP contribution >= 0.6 is 35.6 Å². The number of aromatic nitrogens is 2. The maximum absolute atomic E-state index is 9.40. The van der Waals surface area contributed by atoms with Gasteiger partial charge in [0.1, 0.15) is 5.75 Å². The third-order valence-corrected chi connectivity index (χ3v) is 4.51. The highest BCUT2D eigenvalue weighted by atomic mass is 127. The average molecular weight is 526 g/mol. The molecule has 1 atom stereocenters. The van der Waals surface area contributed by atoms with E-state index in [4.69, 9.17) is 11.6 Å². The summed E-state index contributed by atoms with van der Waals surface area (Å²) in [6.45, 7) is 3.92. The van der Waals surface area contributed by atoms with Crippen molar-refractivity contribution in [2.75, 3.05) is 13.1 Å². The first-order valence-electron chi connectivity index (χ1n) is 9.20. The molecule has 3 N–H and O–H groups in total. The Bertz CT molecular complexity index is 882. The van der Waals surface area contributed by atoms with Crippen LogP contribution < -0.4 is 10.6 Å². The number of guanidine groups is 1. The van der Waals surface area contributed by atoms with Gasteiger partial charge in [-0.3, -0.25) is 4.68 Å². The Kier molecular flexibility index (Phi) is 9.27. The van der Waals surface area contributed by atoms with Crippen molar-refractivity contribution in [3.63, 3.8) is 0 Å². The van der Waals surface area contributed by atoms with Gasteiger partial charge in [0, 0.05) is 30.5 Å². The molecule has 2 aromatic carbocycles. The van der Waals surface area contributed by atoms with Crippen molar-refractivity contribution < 1.29 is 5.11 Å². The van der Waals surface area contributed by atoms with Crippen LogP contribution in [0.1, 0.15) is 24.1 Å². The number of phenolic OH excluding ortho intramolecular Hbond substituents is 1. The molecule has 1 aromatic heterocycles. The van der Waals surface area contributed by atoms with Crippen LogP contribution in [0.3, 0.4) is 0 Å². The Morgan fingerprint density at radius 3 is 2.48 bits per heavy atom. The Labute approximate surface area is 193 Å². The zero-order valence-electron chi connectivity index (χ0n) is 16.1. The highest BCUT2D eigenvalue weighted by Crippen LogP contribution is 2.19. The Balaban J connectivity index is 0.00000300. The van der Waals surface area contributed by atoms with Crippen molar-refractivity contribution >= 4 is 41.5 Å². The molecule has 6 nitrogen and oxygen atoms in total. The molecule has 1 unspecified atom stereocenters. The number of hydrogen-bond acceptors (Lipinski definition) is 3. The topological polar surface area (TPSA) is 74.5 Å². The largest absolute Gasteiger partial charge is 0.508 e. The highest BCUT2D eigenvalue weighted by Gasteiger charge is 2.14.